The summed E-state index contributed by atoms with van der Waals surface area (Å²) in [6, 6.07) is 5.58. The van der Waals surface area contributed by atoms with E-state index < -0.39 is 5.97 Å². The van der Waals surface area contributed by atoms with Gasteiger partial charge < -0.3 is 5.11 Å². The number of aromatic nitrogens is 1. The molecule has 5 heteroatoms. The lowest BCUT2D eigenvalue weighted by atomic mass is 10.1. The van der Waals surface area contributed by atoms with Gasteiger partial charge in [0.25, 0.3) is 0 Å². The van der Waals surface area contributed by atoms with E-state index in [0.29, 0.717) is 24.7 Å². The first-order valence-corrected chi connectivity index (χ1v) is 5.81. The van der Waals surface area contributed by atoms with E-state index in [1.807, 2.05) is 24.8 Å². The van der Waals surface area contributed by atoms with Crippen LogP contribution in [0.4, 0.5) is 0 Å². The van der Waals surface area contributed by atoms with E-state index in [-0.39, 0.29) is 6.54 Å². The molecular weight excluding hydrogens is 230 g/mol. The van der Waals surface area contributed by atoms with Crippen LogP contribution in [0, 0.1) is 17.2 Å². The fraction of sp³-hybridized carbons (Fsp3) is 0.462. The Kier molecular flexibility index (Phi) is 5.28. The van der Waals surface area contributed by atoms with Gasteiger partial charge in [0, 0.05) is 24.8 Å². The number of carboxylic acid groups (broad SMARTS) is 1. The Balaban J connectivity index is 2.82. The lowest BCUT2D eigenvalue weighted by molar-refractivity contribution is -0.138. The first-order chi connectivity index (χ1) is 8.52. The molecule has 0 atom stereocenters. The Morgan fingerprint density at radius 1 is 1.61 bits per heavy atom. The minimum absolute atomic E-state index is 0.0298. The van der Waals surface area contributed by atoms with E-state index in [2.05, 4.69) is 4.98 Å². The van der Waals surface area contributed by atoms with Gasteiger partial charge in [0.2, 0.25) is 0 Å². The van der Waals surface area contributed by atoms with Crippen LogP contribution in [0.5, 0.6) is 0 Å². The molecule has 0 saturated carbocycles. The SMILES string of the molecule is CC(C)CN(CC(=O)O)Cc1cccnc1C#N. The minimum atomic E-state index is -0.863. The zero-order valence-corrected chi connectivity index (χ0v) is 10.6. The molecule has 96 valence electrons. The van der Waals surface area contributed by atoms with Gasteiger partial charge in [-0.05, 0) is 12.0 Å². The maximum atomic E-state index is 10.8. The van der Waals surface area contributed by atoms with Gasteiger partial charge in [-0.1, -0.05) is 19.9 Å². The second kappa shape index (κ2) is 6.72. The summed E-state index contributed by atoms with van der Waals surface area (Å²) in [5.74, 6) is -0.496. The molecule has 1 heterocycles. The molecule has 0 aliphatic heterocycles. The lowest BCUT2D eigenvalue weighted by Crippen LogP contribution is -2.32. The summed E-state index contributed by atoms with van der Waals surface area (Å²) in [6.45, 7) is 5.14. The molecule has 0 unspecified atom stereocenters. The van der Waals surface area contributed by atoms with E-state index in [4.69, 9.17) is 10.4 Å². The fourth-order valence-electron chi connectivity index (χ4n) is 1.80. The standard InChI is InChI=1S/C13H17N3O2/c1-10(2)7-16(9-13(17)18)8-11-4-3-5-15-12(11)6-14/h3-5,10H,7-9H2,1-2H3,(H,17,18). The second-order valence-electron chi connectivity index (χ2n) is 4.58. The Bertz CT molecular complexity index is 452. The first-order valence-electron chi connectivity index (χ1n) is 5.81. The number of carboxylic acids is 1. The number of hydrogen-bond donors (Lipinski definition) is 1. The Labute approximate surface area is 107 Å². The van der Waals surface area contributed by atoms with E-state index in [0.717, 1.165) is 5.56 Å². The van der Waals surface area contributed by atoms with E-state index in [1.54, 1.807) is 18.3 Å². The maximum absolute atomic E-state index is 10.8. The van der Waals surface area contributed by atoms with Gasteiger partial charge in [-0.2, -0.15) is 5.26 Å². The molecule has 1 rings (SSSR count). The van der Waals surface area contributed by atoms with Crippen LogP contribution in [-0.2, 0) is 11.3 Å². The van der Waals surface area contributed by atoms with Crippen molar-refractivity contribution < 1.29 is 9.90 Å². The van der Waals surface area contributed by atoms with Gasteiger partial charge in [-0.25, -0.2) is 4.98 Å². The zero-order chi connectivity index (χ0) is 13.5. The summed E-state index contributed by atoms with van der Waals surface area (Å²) < 4.78 is 0. The highest BCUT2D eigenvalue weighted by atomic mass is 16.4. The van der Waals surface area contributed by atoms with Gasteiger partial charge >= 0.3 is 5.97 Å². The van der Waals surface area contributed by atoms with Crippen LogP contribution in [0.15, 0.2) is 18.3 Å². The van der Waals surface area contributed by atoms with Gasteiger partial charge in [-0.3, -0.25) is 9.69 Å². The van der Waals surface area contributed by atoms with Crippen LogP contribution in [-0.4, -0.2) is 34.0 Å². The number of nitrogens with zero attached hydrogens (tertiary/aromatic N) is 3. The smallest absolute Gasteiger partial charge is 0.317 e. The Morgan fingerprint density at radius 3 is 2.89 bits per heavy atom. The van der Waals surface area contributed by atoms with Gasteiger partial charge in [-0.15, -0.1) is 0 Å². The number of aliphatic carboxylic acids is 1. The molecule has 0 spiro atoms. The summed E-state index contributed by atoms with van der Waals surface area (Å²) >= 11 is 0. The van der Waals surface area contributed by atoms with Crippen molar-refractivity contribution in [1.82, 2.24) is 9.88 Å². The average molecular weight is 247 g/mol. The van der Waals surface area contributed by atoms with E-state index in [1.165, 1.54) is 0 Å². The molecule has 1 aromatic heterocycles. The third kappa shape index (κ3) is 4.52. The Hall–Kier alpha value is -1.93. The molecule has 1 aromatic rings. The van der Waals surface area contributed by atoms with Crippen molar-refractivity contribution in [3.63, 3.8) is 0 Å². The second-order valence-corrected chi connectivity index (χ2v) is 4.58. The molecule has 1 N–H and O–H groups in total. The van der Waals surface area contributed by atoms with Crippen molar-refractivity contribution in [3.05, 3.63) is 29.6 Å². The van der Waals surface area contributed by atoms with Gasteiger partial charge in [0.1, 0.15) is 11.8 Å². The summed E-state index contributed by atoms with van der Waals surface area (Å²) in [4.78, 5) is 16.6. The fourth-order valence-corrected chi connectivity index (χ4v) is 1.80. The van der Waals surface area contributed by atoms with Gasteiger partial charge in [0.05, 0.1) is 6.54 Å². The monoisotopic (exact) mass is 247 g/mol. The molecule has 0 aromatic carbocycles. The quantitative estimate of drug-likeness (QED) is 0.824. The average Bonchev–Trinajstić information content (AvgIpc) is 2.27. The normalized spacial score (nSPS) is 10.6. The zero-order valence-electron chi connectivity index (χ0n) is 10.6. The van der Waals surface area contributed by atoms with E-state index in [9.17, 15) is 4.79 Å². The van der Waals surface area contributed by atoms with Crippen molar-refractivity contribution in [3.8, 4) is 6.07 Å². The molecule has 0 aliphatic carbocycles. The van der Waals surface area contributed by atoms with Crippen LogP contribution in [0.25, 0.3) is 0 Å². The Morgan fingerprint density at radius 2 is 2.33 bits per heavy atom. The highest BCUT2D eigenvalue weighted by Gasteiger charge is 2.14. The number of carbonyl (C=O) groups is 1. The molecule has 0 fully saturated rings. The van der Waals surface area contributed by atoms with Crippen molar-refractivity contribution >= 4 is 5.97 Å². The largest absolute Gasteiger partial charge is 0.480 e. The van der Waals surface area contributed by atoms with Crippen LogP contribution in [0.3, 0.4) is 0 Å². The number of rotatable bonds is 6. The molecule has 18 heavy (non-hydrogen) atoms. The lowest BCUT2D eigenvalue weighted by Gasteiger charge is -2.22. The topological polar surface area (TPSA) is 77.2 Å². The van der Waals surface area contributed by atoms with E-state index >= 15 is 0 Å². The predicted octanol–water partition coefficient (Wildman–Crippen LogP) is 1.50. The van der Waals surface area contributed by atoms with Crippen molar-refractivity contribution in [1.29, 1.82) is 5.26 Å². The van der Waals surface area contributed by atoms with Gasteiger partial charge in [0.15, 0.2) is 0 Å². The number of pyridine rings is 1. The van der Waals surface area contributed by atoms with Crippen LogP contribution in [0.1, 0.15) is 25.1 Å². The predicted molar refractivity (Wildman–Crippen MR) is 66.7 cm³/mol. The van der Waals surface area contributed by atoms with Crippen molar-refractivity contribution in [2.24, 2.45) is 5.92 Å². The van der Waals surface area contributed by atoms with Crippen LogP contribution < -0.4 is 0 Å². The highest BCUT2D eigenvalue weighted by Crippen LogP contribution is 2.10. The molecule has 0 aliphatic rings. The third-order valence-corrected chi connectivity index (χ3v) is 2.37. The highest BCUT2D eigenvalue weighted by molar-refractivity contribution is 5.69. The first kappa shape index (κ1) is 14.1. The molecule has 0 radical (unpaired) electrons. The maximum Gasteiger partial charge on any atom is 0.317 e. The molecular formula is C13H17N3O2. The summed E-state index contributed by atoms with van der Waals surface area (Å²) in [5.41, 5.74) is 1.12. The third-order valence-electron chi connectivity index (χ3n) is 2.37. The number of hydrogen-bond acceptors (Lipinski definition) is 4. The van der Waals surface area contributed by atoms with Crippen LogP contribution in [0.2, 0.25) is 0 Å². The summed E-state index contributed by atoms with van der Waals surface area (Å²) in [6.07, 6.45) is 1.56. The molecule has 5 nitrogen and oxygen atoms in total. The molecule has 0 amide bonds. The minimum Gasteiger partial charge on any atom is -0.480 e. The number of nitriles is 1. The molecule has 0 saturated heterocycles. The molecule has 0 bridgehead atoms. The van der Waals surface area contributed by atoms with Crippen molar-refractivity contribution in [2.45, 2.75) is 20.4 Å². The summed E-state index contributed by atoms with van der Waals surface area (Å²) in [5, 5.41) is 17.8. The van der Waals surface area contributed by atoms with Crippen molar-refractivity contribution in [2.75, 3.05) is 13.1 Å². The van der Waals surface area contributed by atoms with Crippen LogP contribution >= 0.6 is 0 Å². The summed E-state index contributed by atoms with van der Waals surface area (Å²) in [7, 11) is 0.